The predicted molar refractivity (Wildman–Crippen MR) is 84.5 cm³/mol. The minimum atomic E-state index is -4.33. The fraction of sp³-hybridized carbons (Fsp3) is 0.769. The average Bonchev–Trinajstić information content (AvgIpc) is 2.10. The van der Waals surface area contributed by atoms with E-state index in [1.165, 1.54) is 23.6 Å². The summed E-state index contributed by atoms with van der Waals surface area (Å²) >= 11 is 0. The van der Waals surface area contributed by atoms with Crippen molar-refractivity contribution in [2.75, 3.05) is 48.0 Å². The molecule has 0 aliphatic rings. The highest BCUT2D eigenvalue weighted by Crippen LogP contribution is 2.05. The summed E-state index contributed by atoms with van der Waals surface area (Å²) in [6.45, 7) is 6.10. The zero-order chi connectivity index (χ0) is 17.9. The molecule has 0 saturated carbocycles. The third-order valence-electron chi connectivity index (χ3n) is 1.18. The highest BCUT2D eigenvalue weighted by Gasteiger charge is 2.21. The summed E-state index contributed by atoms with van der Waals surface area (Å²) < 4.78 is 31.2. The highest BCUT2D eigenvalue weighted by molar-refractivity contribution is 7.85. The Morgan fingerprint density at radius 1 is 1.14 bits per heavy atom. The summed E-state index contributed by atoms with van der Waals surface area (Å²) in [5.74, 6) is -1.15. The summed E-state index contributed by atoms with van der Waals surface area (Å²) in [7, 11) is 8.17. The summed E-state index contributed by atoms with van der Waals surface area (Å²) in [5.41, 5.74) is -1.06. The van der Waals surface area contributed by atoms with Crippen LogP contribution in [0, 0.1) is 0 Å². The number of amides is 1. The van der Waals surface area contributed by atoms with Crippen LogP contribution in [0.15, 0.2) is 12.7 Å². The second-order valence-electron chi connectivity index (χ2n) is 6.28. The van der Waals surface area contributed by atoms with Gasteiger partial charge in [0.1, 0.15) is 0 Å². The Hall–Kier alpha value is -0.670. The maximum absolute atomic E-state index is 10.8. The van der Waals surface area contributed by atoms with Crippen LogP contribution in [0.4, 0.5) is 0 Å². The largest absolute Gasteiger partial charge is 1.00 e. The Morgan fingerprint density at radius 3 is 1.59 bits per heavy atom. The molecule has 0 spiro atoms. The molecule has 3 N–H and O–H groups in total. The number of carbonyl (C=O) groups excluding carboxylic acids is 1. The van der Waals surface area contributed by atoms with Gasteiger partial charge in [-0.3, -0.25) is 4.79 Å². The smallest absolute Gasteiger partial charge is 0.243 e. The maximum Gasteiger partial charge on any atom is 0.243 e. The van der Waals surface area contributed by atoms with Gasteiger partial charge in [0.15, 0.2) is 0 Å². The Labute approximate surface area is 141 Å². The van der Waals surface area contributed by atoms with Gasteiger partial charge in [-0.05, 0) is 19.9 Å². The van der Waals surface area contributed by atoms with Crippen LogP contribution in [0.2, 0.25) is 0 Å². The first-order valence-corrected chi connectivity index (χ1v) is 8.12. The predicted octanol–water partition coefficient (Wildman–Crippen LogP) is -5.86. The summed E-state index contributed by atoms with van der Waals surface area (Å²) in [5, 5.41) is 2.33. The molecule has 1 amide bonds. The van der Waals surface area contributed by atoms with E-state index in [2.05, 4.69) is 54.2 Å². The topological polar surface area (TPSA) is 95.2 Å². The first kappa shape index (κ1) is 29.4. The molecule has 0 aliphatic carbocycles. The van der Waals surface area contributed by atoms with E-state index in [0.717, 1.165) is 6.08 Å². The van der Waals surface area contributed by atoms with Crippen LogP contribution in [0.5, 0.6) is 0 Å². The van der Waals surface area contributed by atoms with E-state index in [1.54, 1.807) is 0 Å². The SMILES string of the molecule is C=CC(=O)NC(C)(C)CS(=O)(=O)[O-].C[NH+](C)C.C[NH+](C)C.[Cl-]. The van der Waals surface area contributed by atoms with E-state index >= 15 is 0 Å². The molecular formula is C13H32ClN3O4S. The lowest BCUT2D eigenvalue weighted by molar-refractivity contribution is -0.836. The molecule has 0 atom stereocenters. The van der Waals surface area contributed by atoms with Crippen LogP contribution in [0.25, 0.3) is 0 Å². The molecule has 0 aromatic heterocycles. The van der Waals surface area contributed by atoms with E-state index in [0.29, 0.717) is 0 Å². The third kappa shape index (κ3) is 42.7. The van der Waals surface area contributed by atoms with Crippen molar-refractivity contribution in [2.24, 2.45) is 0 Å². The number of hydrogen-bond donors (Lipinski definition) is 3. The number of nitrogens with one attached hydrogen (secondary N) is 3. The zero-order valence-corrected chi connectivity index (χ0v) is 16.5. The minimum absolute atomic E-state index is 0. The van der Waals surface area contributed by atoms with E-state index in [-0.39, 0.29) is 12.4 Å². The summed E-state index contributed by atoms with van der Waals surface area (Å²) in [6, 6.07) is 0. The maximum atomic E-state index is 10.8. The van der Waals surface area contributed by atoms with Gasteiger partial charge in [-0.25, -0.2) is 8.42 Å². The van der Waals surface area contributed by atoms with E-state index < -0.39 is 27.3 Å². The van der Waals surface area contributed by atoms with Gasteiger partial charge in [-0.1, -0.05) is 6.58 Å². The summed E-state index contributed by atoms with van der Waals surface area (Å²) in [6.07, 6.45) is 1.01. The van der Waals surface area contributed by atoms with Crippen LogP contribution in [-0.4, -0.2) is 72.5 Å². The van der Waals surface area contributed by atoms with Crippen LogP contribution in [0.3, 0.4) is 0 Å². The molecule has 0 aliphatic heterocycles. The lowest BCUT2D eigenvalue weighted by atomic mass is 10.1. The van der Waals surface area contributed by atoms with Gasteiger partial charge in [0.2, 0.25) is 5.91 Å². The van der Waals surface area contributed by atoms with Crippen LogP contribution in [-0.2, 0) is 14.9 Å². The van der Waals surface area contributed by atoms with Gasteiger partial charge in [0.25, 0.3) is 0 Å². The van der Waals surface area contributed by atoms with Crippen LogP contribution < -0.4 is 27.5 Å². The van der Waals surface area contributed by atoms with Gasteiger partial charge in [-0.2, -0.15) is 0 Å². The molecule has 0 rings (SSSR count). The fourth-order valence-corrected chi connectivity index (χ4v) is 1.82. The zero-order valence-electron chi connectivity index (χ0n) is 14.9. The number of rotatable bonds is 4. The molecule has 136 valence electrons. The lowest BCUT2D eigenvalue weighted by Crippen LogP contribution is -3.02. The molecule has 0 unspecified atom stereocenters. The normalized spacial score (nSPS) is 10.5. The second-order valence-corrected chi connectivity index (χ2v) is 7.68. The van der Waals surface area contributed by atoms with Gasteiger partial charge < -0.3 is 32.1 Å². The number of carbonyl (C=O) groups is 1. The lowest BCUT2D eigenvalue weighted by Gasteiger charge is -2.26. The van der Waals surface area contributed by atoms with Gasteiger partial charge in [-0.15, -0.1) is 0 Å². The summed E-state index contributed by atoms with van der Waals surface area (Å²) in [4.78, 5) is 13.6. The molecule has 22 heavy (non-hydrogen) atoms. The molecule has 0 fully saturated rings. The third-order valence-corrected chi connectivity index (χ3v) is 2.26. The van der Waals surface area contributed by atoms with Gasteiger partial charge in [0, 0.05) is 5.54 Å². The number of quaternary nitrogens is 2. The molecule has 0 aromatic rings. The van der Waals surface area contributed by atoms with E-state index in [1.807, 2.05) is 0 Å². The Balaban J connectivity index is -0.000000150. The first-order chi connectivity index (χ1) is 9.13. The molecule has 0 radical (unpaired) electrons. The Kier molecular flexibility index (Phi) is 18.6. The monoisotopic (exact) mass is 361 g/mol. The molecule has 7 nitrogen and oxygen atoms in total. The van der Waals surface area contributed by atoms with E-state index in [9.17, 15) is 17.8 Å². The number of hydrogen-bond acceptors (Lipinski definition) is 4. The minimum Gasteiger partial charge on any atom is -1.00 e. The number of halogens is 1. The van der Waals surface area contributed by atoms with Crippen LogP contribution in [0.1, 0.15) is 13.8 Å². The van der Waals surface area contributed by atoms with Crippen molar-refractivity contribution < 1.29 is 40.0 Å². The van der Waals surface area contributed by atoms with Crippen molar-refractivity contribution >= 4 is 16.0 Å². The van der Waals surface area contributed by atoms with Crippen molar-refractivity contribution in [3.05, 3.63) is 12.7 Å². The van der Waals surface area contributed by atoms with Gasteiger partial charge >= 0.3 is 0 Å². The molecule has 0 aromatic carbocycles. The van der Waals surface area contributed by atoms with E-state index in [4.69, 9.17) is 0 Å². The van der Waals surface area contributed by atoms with Crippen molar-refractivity contribution in [1.29, 1.82) is 0 Å². The van der Waals surface area contributed by atoms with Crippen LogP contribution >= 0.6 is 0 Å². The second kappa shape index (κ2) is 14.0. The molecule has 0 heterocycles. The fourth-order valence-electron chi connectivity index (χ4n) is 0.863. The molecule has 0 bridgehead atoms. The standard InChI is InChI=1S/C7H13NO4S.2C3H9N.ClH/c1-4-6(9)8-7(2,3)5-13(10,11)12;2*1-4(2)3;/h4H,1,5H2,2-3H3,(H,8,9)(H,10,11,12);2*1-3H3;1H. The molecular weight excluding hydrogens is 330 g/mol. The van der Waals surface area contributed by atoms with Crippen molar-refractivity contribution in [3.63, 3.8) is 0 Å². The Bertz CT molecular complexity index is 385. The van der Waals surface area contributed by atoms with Crippen molar-refractivity contribution in [2.45, 2.75) is 19.4 Å². The Morgan fingerprint density at radius 2 is 1.41 bits per heavy atom. The van der Waals surface area contributed by atoms with Gasteiger partial charge in [0.05, 0.1) is 58.2 Å². The quantitative estimate of drug-likeness (QED) is 0.343. The highest BCUT2D eigenvalue weighted by atomic mass is 35.5. The molecule has 9 heteroatoms. The molecule has 0 saturated heterocycles. The first-order valence-electron chi connectivity index (χ1n) is 6.54. The van der Waals surface area contributed by atoms with Crippen molar-refractivity contribution in [1.82, 2.24) is 5.32 Å². The van der Waals surface area contributed by atoms with Crippen molar-refractivity contribution in [3.8, 4) is 0 Å². The average molecular weight is 362 g/mol.